The third-order valence-corrected chi connectivity index (χ3v) is 2.41. The van der Waals surface area contributed by atoms with Crippen molar-refractivity contribution in [1.29, 1.82) is 0 Å². The number of cyclic esters (lactones) is 1. The molecular formula is C9H7BrO3. The molecule has 1 unspecified atom stereocenters. The minimum Gasteiger partial charge on any atom is -0.428 e. The van der Waals surface area contributed by atoms with E-state index in [9.17, 15) is 4.79 Å². The largest absolute Gasteiger partial charge is 0.428 e. The fourth-order valence-electron chi connectivity index (χ4n) is 1.31. The number of methoxy groups -OCH3 is 1. The van der Waals surface area contributed by atoms with E-state index < -0.39 is 6.29 Å². The van der Waals surface area contributed by atoms with Crippen LogP contribution >= 0.6 is 15.9 Å². The first-order valence-electron chi connectivity index (χ1n) is 3.75. The van der Waals surface area contributed by atoms with E-state index in [1.807, 2.05) is 12.1 Å². The van der Waals surface area contributed by atoms with Gasteiger partial charge in [0, 0.05) is 17.1 Å². The van der Waals surface area contributed by atoms with E-state index in [4.69, 9.17) is 9.47 Å². The van der Waals surface area contributed by atoms with Crippen LogP contribution in [0.25, 0.3) is 0 Å². The van der Waals surface area contributed by atoms with E-state index in [2.05, 4.69) is 15.9 Å². The summed E-state index contributed by atoms with van der Waals surface area (Å²) in [6.45, 7) is 0. The maximum absolute atomic E-state index is 11.3. The number of rotatable bonds is 1. The Morgan fingerprint density at radius 1 is 1.54 bits per heavy atom. The van der Waals surface area contributed by atoms with Gasteiger partial charge in [-0.2, -0.15) is 0 Å². The summed E-state index contributed by atoms with van der Waals surface area (Å²) < 4.78 is 10.8. The maximum atomic E-state index is 11.3. The van der Waals surface area contributed by atoms with Crippen LogP contribution in [0.2, 0.25) is 0 Å². The maximum Gasteiger partial charge on any atom is 0.341 e. The lowest BCUT2D eigenvalue weighted by atomic mass is 10.1. The molecule has 1 heterocycles. The Morgan fingerprint density at radius 3 is 3.00 bits per heavy atom. The van der Waals surface area contributed by atoms with Crippen molar-refractivity contribution in [2.45, 2.75) is 6.29 Å². The van der Waals surface area contributed by atoms with E-state index >= 15 is 0 Å². The standard InChI is InChI=1S/C9H7BrO3/c1-12-9-6-3-2-5(10)4-7(6)8(11)13-9/h2-4,9H,1H3. The van der Waals surface area contributed by atoms with Crippen LogP contribution in [-0.2, 0) is 9.47 Å². The lowest BCUT2D eigenvalue weighted by Gasteiger charge is -2.06. The van der Waals surface area contributed by atoms with E-state index in [1.54, 1.807) is 6.07 Å². The van der Waals surface area contributed by atoms with Gasteiger partial charge in [0.15, 0.2) is 0 Å². The highest BCUT2D eigenvalue weighted by atomic mass is 79.9. The van der Waals surface area contributed by atoms with E-state index in [-0.39, 0.29) is 5.97 Å². The molecule has 0 N–H and O–H groups in total. The van der Waals surface area contributed by atoms with Crippen LogP contribution in [0.4, 0.5) is 0 Å². The lowest BCUT2D eigenvalue weighted by molar-refractivity contribution is -0.0815. The molecule has 0 aromatic heterocycles. The zero-order valence-corrected chi connectivity index (χ0v) is 8.50. The highest BCUT2D eigenvalue weighted by Crippen LogP contribution is 2.32. The molecule has 0 spiro atoms. The van der Waals surface area contributed by atoms with Gasteiger partial charge in [0.25, 0.3) is 0 Å². The fraction of sp³-hybridized carbons (Fsp3) is 0.222. The molecule has 1 aliphatic rings. The molecule has 68 valence electrons. The quantitative estimate of drug-likeness (QED) is 0.709. The number of hydrogen-bond acceptors (Lipinski definition) is 3. The van der Waals surface area contributed by atoms with Gasteiger partial charge in [-0.25, -0.2) is 4.79 Å². The number of halogens is 1. The van der Waals surface area contributed by atoms with Crippen LogP contribution in [0.15, 0.2) is 22.7 Å². The van der Waals surface area contributed by atoms with Crippen molar-refractivity contribution in [3.05, 3.63) is 33.8 Å². The van der Waals surface area contributed by atoms with Crippen LogP contribution in [-0.4, -0.2) is 13.1 Å². The molecular weight excluding hydrogens is 236 g/mol. The van der Waals surface area contributed by atoms with Gasteiger partial charge in [-0.1, -0.05) is 22.0 Å². The Hall–Kier alpha value is -0.870. The summed E-state index contributed by atoms with van der Waals surface area (Å²) in [5.41, 5.74) is 1.36. The molecule has 1 aromatic carbocycles. The smallest absolute Gasteiger partial charge is 0.341 e. The Bertz CT molecular complexity index is 362. The SMILES string of the molecule is COC1OC(=O)c2cc(Br)ccc21. The summed E-state index contributed by atoms with van der Waals surface area (Å²) in [6, 6.07) is 5.40. The molecule has 0 radical (unpaired) electrons. The second-order valence-electron chi connectivity index (χ2n) is 2.70. The van der Waals surface area contributed by atoms with Gasteiger partial charge in [-0.05, 0) is 12.1 Å². The van der Waals surface area contributed by atoms with Gasteiger partial charge >= 0.3 is 5.97 Å². The molecule has 1 aromatic rings. The third kappa shape index (κ3) is 1.36. The summed E-state index contributed by atoms with van der Waals surface area (Å²) in [6.07, 6.45) is -0.546. The Labute approximate surface area is 83.8 Å². The molecule has 3 nitrogen and oxygen atoms in total. The summed E-state index contributed by atoms with van der Waals surface area (Å²) in [7, 11) is 1.51. The van der Waals surface area contributed by atoms with Crippen molar-refractivity contribution < 1.29 is 14.3 Å². The van der Waals surface area contributed by atoms with E-state index in [0.29, 0.717) is 5.56 Å². The topological polar surface area (TPSA) is 35.5 Å². The zero-order valence-electron chi connectivity index (χ0n) is 6.91. The fourth-order valence-corrected chi connectivity index (χ4v) is 1.67. The van der Waals surface area contributed by atoms with Crippen molar-refractivity contribution >= 4 is 21.9 Å². The van der Waals surface area contributed by atoms with Crippen LogP contribution in [0, 0.1) is 0 Å². The molecule has 1 atom stereocenters. The van der Waals surface area contributed by atoms with E-state index in [1.165, 1.54) is 7.11 Å². The van der Waals surface area contributed by atoms with Crippen LogP contribution in [0.5, 0.6) is 0 Å². The first-order chi connectivity index (χ1) is 6.22. The number of benzene rings is 1. The average molecular weight is 243 g/mol. The van der Waals surface area contributed by atoms with Crippen LogP contribution in [0.3, 0.4) is 0 Å². The first-order valence-corrected chi connectivity index (χ1v) is 4.55. The predicted octanol–water partition coefficient (Wildman–Crippen LogP) is 2.26. The van der Waals surface area contributed by atoms with Crippen molar-refractivity contribution in [1.82, 2.24) is 0 Å². The molecule has 13 heavy (non-hydrogen) atoms. The van der Waals surface area contributed by atoms with Gasteiger partial charge in [0.1, 0.15) is 0 Å². The lowest BCUT2D eigenvalue weighted by Crippen LogP contribution is -1.99. The molecule has 0 saturated heterocycles. The number of hydrogen-bond donors (Lipinski definition) is 0. The van der Waals surface area contributed by atoms with Crippen molar-refractivity contribution in [3.63, 3.8) is 0 Å². The third-order valence-electron chi connectivity index (χ3n) is 1.92. The summed E-state index contributed by atoms with van der Waals surface area (Å²) >= 11 is 3.29. The second-order valence-corrected chi connectivity index (χ2v) is 3.62. The van der Waals surface area contributed by atoms with Gasteiger partial charge in [0.05, 0.1) is 5.56 Å². The van der Waals surface area contributed by atoms with E-state index in [0.717, 1.165) is 10.0 Å². The highest BCUT2D eigenvalue weighted by molar-refractivity contribution is 9.10. The number of ether oxygens (including phenoxy) is 2. The number of carbonyl (C=O) groups is 1. The molecule has 1 aliphatic heterocycles. The predicted molar refractivity (Wildman–Crippen MR) is 49.3 cm³/mol. The van der Waals surface area contributed by atoms with Gasteiger partial charge in [0.2, 0.25) is 6.29 Å². The van der Waals surface area contributed by atoms with Crippen molar-refractivity contribution in [3.8, 4) is 0 Å². The molecule has 4 heteroatoms. The monoisotopic (exact) mass is 242 g/mol. The Balaban J connectivity index is 2.52. The molecule has 2 rings (SSSR count). The van der Waals surface area contributed by atoms with Crippen LogP contribution < -0.4 is 0 Å². The highest BCUT2D eigenvalue weighted by Gasteiger charge is 2.30. The van der Waals surface area contributed by atoms with Crippen molar-refractivity contribution in [2.24, 2.45) is 0 Å². The van der Waals surface area contributed by atoms with Gasteiger partial charge < -0.3 is 9.47 Å². The number of carbonyl (C=O) groups excluding carboxylic acids is 1. The molecule has 0 amide bonds. The Morgan fingerprint density at radius 2 is 2.31 bits per heavy atom. The van der Waals surface area contributed by atoms with Crippen molar-refractivity contribution in [2.75, 3.05) is 7.11 Å². The number of esters is 1. The Kier molecular flexibility index (Phi) is 2.09. The normalized spacial score (nSPS) is 19.8. The number of fused-ring (bicyclic) bond motifs is 1. The van der Waals surface area contributed by atoms with Crippen LogP contribution in [0.1, 0.15) is 22.2 Å². The summed E-state index contributed by atoms with van der Waals surface area (Å²) in [4.78, 5) is 11.3. The minimum absolute atomic E-state index is 0.330. The molecule has 0 saturated carbocycles. The second kappa shape index (κ2) is 3.12. The molecule has 0 bridgehead atoms. The van der Waals surface area contributed by atoms with Gasteiger partial charge in [-0.15, -0.1) is 0 Å². The zero-order chi connectivity index (χ0) is 9.42. The minimum atomic E-state index is -0.546. The summed E-state index contributed by atoms with van der Waals surface area (Å²) in [5, 5.41) is 0. The van der Waals surface area contributed by atoms with Gasteiger partial charge in [-0.3, -0.25) is 0 Å². The molecule has 0 aliphatic carbocycles. The summed E-state index contributed by atoms with van der Waals surface area (Å²) in [5.74, 6) is -0.330. The molecule has 0 fully saturated rings. The average Bonchev–Trinajstić information content (AvgIpc) is 2.43. The first kappa shape index (κ1) is 8.72.